The Kier molecular flexibility index (Phi) is 5.96. The fourth-order valence-corrected chi connectivity index (χ4v) is 1.99. The maximum atomic E-state index is 5.86. The maximum absolute atomic E-state index is 5.86. The molecule has 0 aromatic heterocycles. The number of benzene rings is 1. The molecule has 1 rings (SSSR count). The fourth-order valence-electron chi connectivity index (χ4n) is 1.51. The molecule has 0 aliphatic carbocycles. The van der Waals surface area contributed by atoms with Gasteiger partial charge < -0.3 is 14.8 Å². The summed E-state index contributed by atoms with van der Waals surface area (Å²) < 4.78 is 11.9. The summed E-state index contributed by atoms with van der Waals surface area (Å²) in [6, 6.07) is 5.73. The lowest BCUT2D eigenvalue weighted by atomic mass is 9.95. The third-order valence-electron chi connectivity index (χ3n) is 2.61. The average Bonchev–Trinajstić information content (AvgIpc) is 2.35. The molecular formula is C14H22BrNO2. The van der Waals surface area contributed by atoms with Gasteiger partial charge in [-0.2, -0.15) is 0 Å². The highest BCUT2D eigenvalue weighted by molar-refractivity contribution is 9.10. The molecule has 0 unspecified atom stereocenters. The quantitative estimate of drug-likeness (QED) is 0.835. The molecule has 4 heteroatoms. The van der Waals surface area contributed by atoms with E-state index in [1.807, 2.05) is 18.2 Å². The third-order valence-corrected chi connectivity index (χ3v) is 3.23. The van der Waals surface area contributed by atoms with Crippen molar-refractivity contribution in [2.24, 2.45) is 5.41 Å². The van der Waals surface area contributed by atoms with Gasteiger partial charge in [0.2, 0.25) is 0 Å². The lowest BCUT2D eigenvalue weighted by Gasteiger charge is -2.25. The van der Waals surface area contributed by atoms with Crippen molar-refractivity contribution < 1.29 is 9.47 Å². The summed E-state index contributed by atoms with van der Waals surface area (Å²) in [6.07, 6.45) is 0. The summed E-state index contributed by atoms with van der Waals surface area (Å²) in [5.74, 6) is 1.67. The first kappa shape index (κ1) is 15.3. The van der Waals surface area contributed by atoms with Gasteiger partial charge in [-0.1, -0.05) is 20.8 Å². The number of rotatable bonds is 7. The molecule has 0 aliphatic rings. The first-order valence-electron chi connectivity index (χ1n) is 6.15. The van der Waals surface area contributed by atoms with Crippen LogP contribution in [0.25, 0.3) is 0 Å². The Labute approximate surface area is 118 Å². The van der Waals surface area contributed by atoms with Gasteiger partial charge in [0.25, 0.3) is 0 Å². The Morgan fingerprint density at radius 3 is 2.61 bits per heavy atom. The van der Waals surface area contributed by atoms with Crippen LogP contribution in [-0.4, -0.2) is 26.8 Å². The molecule has 0 radical (unpaired) electrons. The molecule has 0 amide bonds. The summed E-state index contributed by atoms with van der Waals surface area (Å²) in [4.78, 5) is 0. The van der Waals surface area contributed by atoms with Crippen molar-refractivity contribution in [3.8, 4) is 11.5 Å². The van der Waals surface area contributed by atoms with Crippen molar-refractivity contribution in [1.29, 1.82) is 0 Å². The van der Waals surface area contributed by atoms with Crippen molar-refractivity contribution in [3.05, 3.63) is 22.7 Å². The van der Waals surface area contributed by atoms with E-state index in [0.717, 1.165) is 29.1 Å². The monoisotopic (exact) mass is 315 g/mol. The van der Waals surface area contributed by atoms with E-state index < -0.39 is 0 Å². The molecule has 0 aliphatic heterocycles. The van der Waals surface area contributed by atoms with Gasteiger partial charge in [0.15, 0.2) is 0 Å². The molecule has 102 valence electrons. The smallest absolute Gasteiger partial charge is 0.133 e. The number of hydrogen-bond acceptors (Lipinski definition) is 3. The van der Waals surface area contributed by atoms with E-state index >= 15 is 0 Å². The van der Waals surface area contributed by atoms with Gasteiger partial charge in [0.05, 0.1) is 18.2 Å². The summed E-state index contributed by atoms with van der Waals surface area (Å²) in [6.45, 7) is 9.08. The van der Waals surface area contributed by atoms with Gasteiger partial charge in [0.1, 0.15) is 11.5 Å². The van der Waals surface area contributed by atoms with Gasteiger partial charge in [-0.3, -0.25) is 0 Å². The van der Waals surface area contributed by atoms with Crippen LogP contribution >= 0.6 is 15.9 Å². The Bertz CT molecular complexity index is 380. The molecule has 0 spiro atoms. The van der Waals surface area contributed by atoms with Gasteiger partial charge in [-0.25, -0.2) is 0 Å². The normalized spacial score (nSPS) is 11.4. The van der Waals surface area contributed by atoms with Crippen LogP contribution in [0.4, 0.5) is 0 Å². The van der Waals surface area contributed by atoms with Crippen LogP contribution in [-0.2, 0) is 0 Å². The Balaban J connectivity index is 2.57. The molecule has 3 nitrogen and oxygen atoms in total. The van der Waals surface area contributed by atoms with Gasteiger partial charge in [-0.15, -0.1) is 0 Å². The number of nitrogens with one attached hydrogen (secondary N) is 1. The summed E-state index contributed by atoms with van der Waals surface area (Å²) in [5.41, 5.74) is 0.107. The Morgan fingerprint density at radius 2 is 2.06 bits per heavy atom. The molecular weight excluding hydrogens is 294 g/mol. The molecule has 0 fully saturated rings. The number of halogens is 1. The number of methoxy groups -OCH3 is 1. The highest BCUT2D eigenvalue weighted by atomic mass is 79.9. The van der Waals surface area contributed by atoms with E-state index in [1.165, 1.54) is 0 Å². The zero-order valence-corrected chi connectivity index (χ0v) is 13.1. The minimum Gasteiger partial charge on any atom is -0.497 e. The minimum atomic E-state index is 0.107. The molecule has 0 saturated heterocycles. The van der Waals surface area contributed by atoms with Crippen molar-refractivity contribution in [2.75, 3.05) is 26.8 Å². The van der Waals surface area contributed by atoms with E-state index in [1.54, 1.807) is 7.11 Å². The highest BCUT2D eigenvalue weighted by Gasteiger charge is 2.18. The minimum absolute atomic E-state index is 0.107. The first-order valence-corrected chi connectivity index (χ1v) is 6.95. The van der Waals surface area contributed by atoms with Crippen LogP contribution in [0, 0.1) is 5.41 Å². The van der Waals surface area contributed by atoms with Crippen molar-refractivity contribution in [3.63, 3.8) is 0 Å². The second-order valence-corrected chi connectivity index (χ2v) is 5.88. The molecule has 1 N–H and O–H groups in total. The van der Waals surface area contributed by atoms with Crippen molar-refractivity contribution in [2.45, 2.75) is 20.8 Å². The number of hydrogen-bond donors (Lipinski definition) is 1. The standard InChI is InChI=1S/C14H22BrNO2/c1-5-16-9-14(2,3)10-18-13-7-6-11(17-4)8-12(13)15/h6-8,16H,5,9-10H2,1-4H3. The molecule has 1 aromatic rings. The third kappa shape index (κ3) is 4.86. The van der Waals surface area contributed by atoms with Crippen LogP contribution < -0.4 is 14.8 Å². The van der Waals surface area contributed by atoms with E-state index in [9.17, 15) is 0 Å². The van der Waals surface area contributed by atoms with Gasteiger partial charge in [0, 0.05) is 12.0 Å². The lowest BCUT2D eigenvalue weighted by molar-refractivity contribution is 0.176. The largest absolute Gasteiger partial charge is 0.497 e. The van der Waals surface area contributed by atoms with Crippen molar-refractivity contribution in [1.82, 2.24) is 5.32 Å². The topological polar surface area (TPSA) is 30.5 Å². The molecule has 18 heavy (non-hydrogen) atoms. The van der Waals surface area contributed by atoms with E-state index in [2.05, 4.69) is 42.0 Å². The van der Waals surface area contributed by atoms with Crippen LogP contribution in [0.1, 0.15) is 20.8 Å². The summed E-state index contributed by atoms with van der Waals surface area (Å²) in [7, 11) is 1.65. The zero-order chi connectivity index (χ0) is 13.6. The summed E-state index contributed by atoms with van der Waals surface area (Å²) in [5, 5.41) is 3.35. The Morgan fingerprint density at radius 1 is 1.33 bits per heavy atom. The fraction of sp³-hybridized carbons (Fsp3) is 0.571. The van der Waals surface area contributed by atoms with Crippen LogP contribution in [0.15, 0.2) is 22.7 Å². The molecule has 0 atom stereocenters. The second kappa shape index (κ2) is 7.00. The van der Waals surface area contributed by atoms with E-state index in [0.29, 0.717) is 6.61 Å². The van der Waals surface area contributed by atoms with E-state index in [4.69, 9.17) is 9.47 Å². The van der Waals surface area contributed by atoms with Crippen LogP contribution in [0.3, 0.4) is 0 Å². The van der Waals surface area contributed by atoms with Crippen molar-refractivity contribution >= 4 is 15.9 Å². The predicted molar refractivity (Wildman–Crippen MR) is 78.5 cm³/mol. The summed E-state index contributed by atoms with van der Waals surface area (Å²) >= 11 is 3.49. The highest BCUT2D eigenvalue weighted by Crippen LogP contribution is 2.30. The zero-order valence-electron chi connectivity index (χ0n) is 11.5. The molecule has 1 aromatic carbocycles. The first-order chi connectivity index (χ1) is 8.48. The maximum Gasteiger partial charge on any atom is 0.133 e. The van der Waals surface area contributed by atoms with E-state index in [-0.39, 0.29) is 5.41 Å². The van der Waals surface area contributed by atoms with Gasteiger partial charge >= 0.3 is 0 Å². The second-order valence-electron chi connectivity index (χ2n) is 5.03. The number of ether oxygens (including phenoxy) is 2. The van der Waals surface area contributed by atoms with Crippen LogP contribution in [0.5, 0.6) is 11.5 Å². The molecule has 0 saturated carbocycles. The Hall–Kier alpha value is -0.740. The lowest BCUT2D eigenvalue weighted by Crippen LogP contribution is -2.34. The molecule has 0 heterocycles. The molecule has 0 bridgehead atoms. The van der Waals surface area contributed by atoms with Crippen LogP contribution in [0.2, 0.25) is 0 Å². The average molecular weight is 316 g/mol. The predicted octanol–water partition coefficient (Wildman–Crippen LogP) is 3.47. The van der Waals surface area contributed by atoms with Gasteiger partial charge in [-0.05, 0) is 40.7 Å². The SMILES string of the molecule is CCNCC(C)(C)COc1ccc(OC)cc1Br.